The number of thioether (sulfide) groups is 1. The van der Waals surface area contributed by atoms with Crippen LogP contribution >= 0.6 is 11.8 Å². The first-order valence-electron chi connectivity index (χ1n) is 4.71. The Hall–Kier alpha value is -0.830. The van der Waals surface area contributed by atoms with Crippen LogP contribution in [0.3, 0.4) is 0 Å². The van der Waals surface area contributed by atoms with Crippen LogP contribution in [0, 0.1) is 6.92 Å². The Kier molecular flexibility index (Phi) is 4.14. The van der Waals surface area contributed by atoms with Crippen molar-refractivity contribution in [1.29, 1.82) is 0 Å². The van der Waals surface area contributed by atoms with Crippen LogP contribution in [0.4, 0.5) is 11.4 Å². The van der Waals surface area contributed by atoms with Gasteiger partial charge >= 0.3 is 0 Å². The molecular weight excluding hydrogens is 192 g/mol. The van der Waals surface area contributed by atoms with E-state index in [1.165, 1.54) is 5.69 Å². The van der Waals surface area contributed by atoms with Gasteiger partial charge in [-0.2, -0.15) is 11.8 Å². The fourth-order valence-corrected chi connectivity index (χ4v) is 1.68. The fourth-order valence-electron chi connectivity index (χ4n) is 1.22. The SMILES string of the molecule is CSCCN(C)c1ccc(C)c(N)c1. The Morgan fingerprint density at radius 3 is 2.71 bits per heavy atom. The number of hydrogen-bond donors (Lipinski definition) is 1. The van der Waals surface area contributed by atoms with Gasteiger partial charge in [0.05, 0.1) is 0 Å². The second kappa shape index (κ2) is 5.15. The maximum absolute atomic E-state index is 5.86. The third-order valence-electron chi connectivity index (χ3n) is 2.33. The van der Waals surface area contributed by atoms with Gasteiger partial charge in [-0.15, -0.1) is 0 Å². The van der Waals surface area contributed by atoms with Crippen LogP contribution in [0.5, 0.6) is 0 Å². The number of nitrogen functional groups attached to an aromatic ring is 1. The second-order valence-corrected chi connectivity index (χ2v) is 4.44. The minimum atomic E-state index is 0.874. The van der Waals surface area contributed by atoms with Gasteiger partial charge in [0.25, 0.3) is 0 Å². The van der Waals surface area contributed by atoms with Crippen molar-refractivity contribution >= 4 is 23.1 Å². The molecule has 0 heterocycles. The highest BCUT2D eigenvalue weighted by Gasteiger charge is 2.01. The number of nitrogens with zero attached hydrogens (tertiary/aromatic N) is 1. The summed E-state index contributed by atoms with van der Waals surface area (Å²) in [6, 6.07) is 6.22. The minimum absolute atomic E-state index is 0.874. The van der Waals surface area contributed by atoms with Crippen molar-refractivity contribution < 1.29 is 0 Å². The molecular formula is C11H18N2S. The lowest BCUT2D eigenvalue weighted by molar-refractivity contribution is 0.978. The number of aryl methyl sites for hydroxylation is 1. The number of anilines is 2. The third kappa shape index (κ3) is 2.84. The van der Waals surface area contributed by atoms with Gasteiger partial charge in [0.15, 0.2) is 0 Å². The molecule has 0 aliphatic rings. The second-order valence-electron chi connectivity index (χ2n) is 3.46. The average molecular weight is 210 g/mol. The van der Waals surface area contributed by atoms with Gasteiger partial charge in [-0.05, 0) is 30.9 Å². The summed E-state index contributed by atoms with van der Waals surface area (Å²) in [6.07, 6.45) is 2.12. The normalized spacial score (nSPS) is 10.2. The van der Waals surface area contributed by atoms with Crippen molar-refractivity contribution in [3.8, 4) is 0 Å². The van der Waals surface area contributed by atoms with E-state index in [1.54, 1.807) is 0 Å². The van der Waals surface area contributed by atoms with Gasteiger partial charge in [0.1, 0.15) is 0 Å². The summed E-state index contributed by atoms with van der Waals surface area (Å²) in [5.74, 6) is 1.14. The molecule has 14 heavy (non-hydrogen) atoms. The van der Waals surface area contributed by atoms with E-state index in [0.29, 0.717) is 0 Å². The Balaban J connectivity index is 2.70. The van der Waals surface area contributed by atoms with E-state index in [-0.39, 0.29) is 0 Å². The van der Waals surface area contributed by atoms with Gasteiger partial charge in [-0.3, -0.25) is 0 Å². The molecule has 0 atom stereocenters. The smallest absolute Gasteiger partial charge is 0.0384 e. The highest BCUT2D eigenvalue weighted by atomic mass is 32.2. The zero-order valence-corrected chi connectivity index (χ0v) is 9.90. The van der Waals surface area contributed by atoms with Crippen molar-refractivity contribution in [2.75, 3.05) is 36.2 Å². The van der Waals surface area contributed by atoms with E-state index in [4.69, 9.17) is 5.73 Å². The van der Waals surface area contributed by atoms with Crippen LogP contribution < -0.4 is 10.6 Å². The van der Waals surface area contributed by atoms with E-state index >= 15 is 0 Å². The molecule has 0 unspecified atom stereocenters. The van der Waals surface area contributed by atoms with Crippen LogP contribution in [0.2, 0.25) is 0 Å². The summed E-state index contributed by atoms with van der Waals surface area (Å²) in [4.78, 5) is 2.23. The monoisotopic (exact) mass is 210 g/mol. The van der Waals surface area contributed by atoms with E-state index in [2.05, 4.69) is 30.3 Å². The summed E-state index contributed by atoms with van der Waals surface area (Å²) in [5.41, 5.74) is 9.07. The van der Waals surface area contributed by atoms with Crippen molar-refractivity contribution in [3.63, 3.8) is 0 Å². The van der Waals surface area contributed by atoms with E-state index < -0.39 is 0 Å². The topological polar surface area (TPSA) is 29.3 Å². The molecule has 0 saturated carbocycles. The lowest BCUT2D eigenvalue weighted by atomic mass is 10.2. The summed E-state index contributed by atoms with van der Waals surface area (Å²) in [5, 5.41) is 0. The van der Waals surface area contributed by atoms with Gasteiger partial charge in [-0.25, -0.2) is 0 Å². The molecule has 0 amide bonds. The zero-order valence-electron chi connectivity index (χ0n) is 9.08. The van der Waals surface area contributed by atoms with Crippen LogP contribution in [0.15, 0.2) is 18.2 Å². The molecule has 3 heteroatoms. The maximum atomic E-state index is 5.86. The van der Waals surface area contributed by atoms with Gasteiger partial charge in [0.2, 0.25) is 0 Å². The minimum Gasteiger partial charge on any atom is -0.398 e. The van der Waals surface area contributed by atoms with E-state index in [1.807, 2.05) is 24.8 Å². The van der Waals surface area contributed by atoms with Crippen molar-refractivity contribution in [3.05, 3.63) is 23.8 Å². The molecule has 1 rings (SSSR count). The van der Waals surface area contributed by atoms with Crippen LogP contribution in [-0.4, -0.2) is 25.6 Å². The molecule has 2 N–H and O–H groups in total. The molecule has 0 aromatic heterocycles. The number of hydrogen-bond acceptors (Lipinski definition) is 3. The predicted molar refractivity (Wildman–Crippen MR) is 67.2 cm³/mol. The molecule has 0 spiro atoms. The van der Waals surface area contributed by atoms with Crippen LogP contribution in [0.25, 0.3) is 0 Å². The average Bonchev–Trinajstić information content (AvgIpc) is 2.18. The maximum Gasteiger partial charge on any atom is 0.0384 e. The largest absolute Gasteiger partial charge is 0.398 e. The third-order valence-corrected chi connectivity index (χ3v) is 2.93. The Labute approximate surface area is 90.5 Å². The molecule has 1 aromatic carbocycles. The molecule has 0 fully saturated rings. The van der Waals surface area contributed by atoms with Crippen LogP contribution in [0.1, 0.15) is 5.56 Å². The van der Waals surface area contributed by atoms with Gasteiger partial charge < -0.3 is 10.6 Å². The molecule has 2 nitrogen and oxygen atoms in total. The quantitative estimate of drug-likeness (QED) is 0.774. The summed E-state index contributed by atoms with van der Waals surface area (Å²) < 4.78 is 0. The highest BCUT2D eigenvalue weighted by Crippen LogP contribution is 2.19. The number of nitrogens with two attached hydrogens (primary N) is 1. The fraction of sp³-hybridized carbons (Fsp3) is 0.455. The highest BCUT2D eigenvalue weighted by molar-refractivity contribution is 7.98. The summed E-state index contributed by atoms with van der Waals surface area (Å²) >= 11 is 1.86. The van der Waals surface area contributed by atoms with Crippen molar-refractivity contribution in [2.24, 2.45) is 0 Å². The molecule has 0 radical (unpaired) electrons. The summed E-state index contributed by atoms with van der Waals surface area (Å²) in [6.45, 7) is 3.09. The number of benzene rings is 1. The Morgan fingerprint density at radius 2 is 2.14 bits per heavy atom. The first kappa shape index (κ1) is 11.2. The first-order chi connectivity index (χ1) is 6.65. The molecule has 0 bridgehead atoms. The molecule has 0 saturated heterocycles. The van der Waals surface area contributed by atoms with Crippen molar-refractivity contribution in [1.82, 2.24) is 0 Å². The molecule has 0 aliphatic carbocycles. The molecule has 0 aliphatic heterocycles. The standard InChI is InChI=1S/C11H18N2S/c1-9-4-5-10(8-11(9)12)13(2)6-7-14-3/h4-5,8H,6-7,12H2,1-3H3. The first-order valence-corrected chi connectivity index (χ1v) is 6.10. The van der Waals surface area contributed by atoms with E-state index in [0.717, 1.165) is 23.5 Å². The number of rotatable bonds is 4. The molecule has 1 aromatic rings. The predicted octanol–water partition coefficient (Wildman–Crippen LogP) is 2.38. The zero-order chi connectivity index (χ0) is 10.6. The summed E-state index contributed by atoms with van der Waals surface area (Å²) in [7, 11) is 2.10. The van der Waals surface area contributed by atoms with Gasteiger partial charge in [-0.1, -0.05) is 6.07 Å². The van der Waals surface area contributed by atoms with Crippen LogP contribution in [-0.2, 0) is 0 Å². The van der Waals surface area contributed by atoms with E-state index in [9.17, 15) is 0 Å². The Morgan fingerprint density at radius 1 is 1.43 bits per heavy atom. The van der Waals surface area contributed by atoms with Gasteiger partial charge in [0, 0.05) is 30.7 Å². The lowest BCUT2D eigenvalue weighted by Gasteiger charge is -2.19. The molecule has 78 valence electrons. The Bertz CT molecular complexity index is 299. The van der Waals surface area contributed by atoms with Crippen molar-refractivity contribution in [2.45, 2.75) is 6.92 Å². The lowest BCUT2D eigenvalue weighted by Crippen LogP contribution is -2.20.